The van der Waals surface area contributed by atoms with Gasteiger partial charge in [-0.05, 0) is 38.2 Å². The average Bonchev–Trinajstić information content (AvgIpc) is 2.61. The van der Waals surface area contributed by atoms with Gasteiger partial charge in [0.05, 0.1) is 12.1 Å². The maximum atomic E-state index is 12.8. The first-order valence-corrected chi connectivity index (χ1v) is 8.78. The molecule has 1 aromatic heterocycles. The van der Waals surface area contributed by atoms with Gasteiger partial charge in [-0.25, -0.2) is 9.97 Å². The van der Waals surface area contributed by atoms with E-state index in [9.17, 15) is 4.79 Å². The Bertz CT molecular complexity index is 806. The molecule has 0 bridgehead atoms. The summed E-state index contributed by atoms with van der Waals surface area (Å²) >= 11 is 6.15. The number of aryl methyl sites for hydroxylation is 1. The van der Waals surface area contributed by atoms with Crippen LogP contribution in [0.3, 0.4) is 0 Å². The number of halogens is 1. The first kappa shape index (κ1) is 18.4. The SMILES string of the molecule is COc1ccc(Nc2nc(C)cc(C(=O)N3CCN(C)CC3)n2)cc1Cl. The van der Waals surface area contributed by atoms with Crippen LogP contribution in [0.2, 0.25) is 5.02 Å². The first-order chi connectivity index (χ1) is 12.5. The predicted octanol–water partition coefficient (Wildman–Crippen LogP) is 2.58. The number of rotatable bonds is 4. The van der Waals surface area contributed by atoms with E-state index in [1.165, 1.54) is 0 Å². The highest BCUT2D eigenvalue weighted by Crippen LogP contribution is 2.28. The fraction of sp³-hybridized carbons (Fsp3) is 0.389. The highest BCUT2D eigenvalue weighted by Gasteiger charge is 2.22. The molecule has 7 nitrogen and oxygen atoms in total. The smallest absolute Gasteiger partial charge is 0.272 e. The standard InChI is InChI=1S/C18H22ClN5O2/c1-12-10-15(17(25)24-8-6-23(2)7-9-24)22-18(20-12)21-13-4-5-16(26-3)14(19)11-13/h4-5,10-11H,6-9H2,1-3H3,(H,20,21,22). The molecule has 1 aliphatic heterocycles. The molecule has 3 rings (SSSR count). The number of hydrogen-bond acceptors (Lipinski definition) is 6. The van der Waals surface area contributed by atoms with Crippen LogP contribution in [0.25, 0.3) is 0 Å². The first-order valence-electron chi connectivity index (χ1n) is 8.40. The Balaban J connectivity index is 1.79. The number of aromatic nitrogens is 2. The quantitative estimate of drug-likeness (QED) is 0.885. The summed E-state index contributed by atoms with van der Waals surface area (Å²) in [6.07, 6.45) is 0. The van der Waals surface area contributed by atoms with Crippen molar-refractivity contribution in [3.63, 3.8) is 0 Å². The summed E-state index contributed by atoms with van der Waals surface area (Å²) in [4.78, 5) is 25.5. The molecule has 138 valence electrons. The largest absolute Gasteiger partial charge is 0.495 e. The summed E-state index contributed by atoms with van der Waals surface area (Å²) < 4.78 is 5.15. The molecule has 1 fully saturated rings. The number of piperazine rings is 1. The summed E-state index contributed by atoms with van der Waals surface area (Å²) in [6.45, 7) is 4.98. The van der Waals surface area contributed by atoms with Crippen LogP contribution < -0.4 is 10.1 Å². The van der Waals surface area contributed by atoms with Gasteiger partial charge in [-0.15, -0.1) is 0 Å². The van der Waals surface area contributed by atoms with Crippen molar-refractivity contribution in [2.24, 2.45) is 0 Å². The number of methoxy groups -OCH3 is 1. The lowest BCUT2D eigenvalue weighted by molar-refractivity contribution is 0.0658. The Kier molecular flexibility index (Phi) is 5.58. The normalized spacial score (nSPS) is 15.0. The van der Waals surface area contributed by atoms with E-state index in [0.29, 0.717) is 35.5 Å². The number of nitrogens with one attached hydrogen (secondary N) is 1. The zero-order valence-electron chi connectivity index (χ0n) is 15.1. The minimum Gasteiger partial charge on any atom is -0.495 e. The molecule has 1 aliphatic rings. The number of ether oxygens (including phenoxy) is 1. The molecular formula is C18H22ClN5O2. The van der Waals surface area contributed by atoms with Gasteiger partial charge in [0.2, 0.25) is 5.95 Å². The van der Waals surface area contributed by atoms with Gasteiger partial charge < -0.3 is 19.9 Å². The molecule has 0 radical (unpaired) electrons. The third-order valence-electron chi connectivity index (χ3n) is 4.27. The number of amides is 1. The van der Waals surface area contributed by atoms with Gasteiger partial charge in [0, 0.05) is 37.6 Å². The summed E-state index contributed by atoms with van der Waals surface area (Å²) in [5, 5.41) is 3.59. The maximum Gasteiger partial charge on any atom is 0.272 e. The van der Waals surface area contributed by atoms with Gasteiger partial charge in [0.15, 0.2) is 0 Å². The molecule has 1 aromatic carbocycles. The van der Waals surface area contributed by atoms with E-state index >= 15 is 0 Å². The Hall–Kier alpha value is -2.38. The highest BCUT2D eigenvalue weighted by atomic mass is 35.5. The molecule has 2 aromatic rings. The van der Waals surface area contributed by atoms with Crippen LogP contribution in [-0.2, 0) is 0 Å². The second-order valence-corrected chi connectivity index (χ2v) is 6.70. The Labute approximate surface area is 157 Å². The number of likely N-dealkylation sites (N-methyl/N-ethyl adjacent to an activating group) is 1. The molecule has 0 aliphatic carbocycles. The van der Waals surface area contributed by atoms with Crippen LogP contribution in [0.15, 0.2) is 24.3 Å². The van der Waals surface area contributed by atoms with Crippen molar-refractivity contribution in [1.82, 2.24) is 19.8 Å². The minimum absolute atomic E-state index is 0.0700. The van der Waals surface area contributed by atoms with Crippen LogP contribution in [0.1, 0.15) is 16.2 Å². The second kappa shape index (κ2) is 7.88. The molecule has 2 heterocycles. The second-order valence-electron chi connectivity index (χ2n) is 6.29. The summed E-state index contributed by atoms with van der Waals surface area (Å²) in [5.41, 5.74) is 1.84. The van der Waals surface area contributed by atoms with Crippen molar-refractivity contribution in [1.29, 1.82) is 0 Å². The topological polar surface area (TPSA) is 70.6 Å². The lowest BCUT2D eigenvalue weighted by atomic mass is 10.2. The van der Waals surface area contributed by atoms with E-state index in [0.717, 1.165) is 24.5 Å². The Morgan fingerprint density at radius 2 is 1.92 bits per heavy atom. The molecule has 1 saturated heterocycles. The van der Waals surface area contributed by atoms with E-state index in [4.69, 9.17) is 16.3 Å². The molecule has 26 heavy (non-hydrogen) atoms. The maximum absolute atomic E-state index is 12.8. The number of carbonyl (C=O) groups excluding carboxylic acids is 1. The average molecular weight is 376 g/mol. The van der Waals surface area contributed by atoms with Crippen LogP contribution >= 0.6 is 11.6 Å². The van der Waals surface area contributed by atoms with Crippen molar-refractivity contribution in [3.8, 4) is 5.75 Å². The van der Waals surface area contributed by atoms with Gasteiger partial charge in [-0.2, -0.15) is 0 Å². The van der Waals surface area contributed by atoms with Crippen molar-refractivity contribution in [2.45, 2.75) is 6.92 Å². The van der Waals surface area contributed by atoms with Crippen LogP contribution in [0, 0.1) is 6.92 Å². The zero-order valence-corrected chi connectivity index (χ0v) is 15.9. The van der Waals surface area contributed by atoms with Gasteiger partial charge in [-0.1, -0.05) is 11.6 Å². The molecule has 0 atom stereocenters. The van der Waals surface area contributed by atoms with Crippen molar-refractivity contribution in [2.75, 3.05) is 45.7 Å². The van der Waals surface area contributed by atoms with Crippen LogP contribution in [0.5, 0.6) is 5.75 Å². The van der Waals surface area contributed by atoms with Crippen LogP contribution in [-0.4, -0.2) is 66.0 Å². The van der Waals surface area contributed by atoms with Gasteiger partial charge in [0.25, 0.3) is 5.91 Å². The molecule has 1 amide bonds. The fourth-order valence-corrected chi connectivity index (χ4v) is 3.04. The number of carbonyl (C=O) groups is 1. The summed E-state index contributed by atoms with van der Waals surface area (Å²) in [7, 11) is 3.62. The number of benzene rings is 1. The minimum atomic E-state index is -0.0700. The lowest BCUT2D eigenvalue weighted by Crippen LogP contribution is -2.47. The van der Waals surface area contributed by atoms with E-state index in [1.807, 2.05) is 17.9 Å². The van der Waals surface area contributed by atoms with Crippen molar-refractivity contribution < 1.29 is 9.53 Å². The number of hydrogen-bond donors (Lipinski definition) is 1. The number of anilines is 2. The predicted molar refractivity (Wildman–Crippen MR) is 101 cm³/mol. The molecule has 0 unspecified atom stereocenters. The van der Waals surface area contributed by atoms with E-state index in [2.05, 4.69) is 27.2 Å². The lowest BCUT2D eigenvalue weighted by Gasteiger charge is -2.32. The molecule has 8 heteroatoms. The van der Waals surface area contributed by atoms with Crippen LogP contribution in [0.4, 0.5) is 11.6 Å². The van der Waals surface area contributed by atoms with E-state index < -0.39 is 0 Å². The zero-order chi connectivity index (χ0) is 18.7. The number of nitrogens with zero attached hydrogens (tertiary/aromatic N) is 4. The van der Waals surface area contributed by atoms with E-state index in [1.54, 1.807) is 25.3 Å². The molecule has 0 spiro atoms. The molecular weight excluding hydrogens is 354 g/mol. The van der Waals surface area contributed by atoms with Gasteiger partial charge in [0.1, 0.15) is 11.4 Å². The summed E-state index contributed by atoms with van der Waals surface area (Å²) in [6, 6.07) is 7.02. The Morgan fingerprint density at radius 1 is 1.19 bits per heavy atom. The fourth-order valence-electron chi connectivity index (χ4n) is 2.78. The van der Waals surface area contributed by atoms with Gasteiger partial charge in [-0.3, -0.25) is 4.79 Å². The molecule has 0 saturated carbocycles. The van der Waals surface area contributed by atoms with E-state index in [-0.39, 0.29) is 5.91 Å². The molecule has 1 N–H and O–H groups in total. The summed E-state index contributed by atoms with van der Waals surface area (Å²) in [5.74, 6) is 0.886. The van der Waals surface area contributed by atoms with Crippen molar-refractivity contribution >= 4 is 29.1 Å². The highest BCUT2D eigenvalue weighted by molar-refractivity contribution is 6.32. The monoisotopic (exact) mass is 375 g/mol. The third-order valence-corrected chi connectivity index (χ3v) is 4.57. The third kappa shape index (κ3) is 4.23. The Morgan fingerprint density at radius 3 is 2.58 bits per heavy atom. The van der Waals surface area contributed by atoms with Crippen molar-refractivity contribution in [3.05, 3.63) is 40.7 Å². The van der Waals surface area contributed by atoms with Gasteiger partial charge >= 0.3 is 0 Å².